The highest BCUT2D eigenvalue weighted by Gasteiger charge is 2.29. The standard InChI is InChI=1S/C22H25ClN2OS/c1-14-4-3-5-18(15(14)2)24-22(26)20-12-21-19(10-11-27-21)25(20)13-16-6-8-17(23)9-7-16/h6-12,14-15,18H,3-5,13H2,1-2H3,(H,24,26)/t14-,15-,18+/m1/s1. The van der Waals surface area contributed by atoms with Crippen molar-refractivity contribution in [3.05, 3.63) is 58.1 Å². The van der Waals surface area contributed by atoms with Gasteiger partial charge in [0.2, 0.25) is 0 Å². The molecule has 0 bridgehead atoms. The van der Waals surface area contributed by atoms with Gasteiger partial charge in [0.1, 0.15) is 5.69 Å². The van der Waals surface area contributed by atoms with E-state index in [0.29, 0.717) is 18.4 Å². The lowest BCUT2D eigenvalue weighted by molar-refractivity contribution is 0.0882. The average molecular weight is 401 g/mol. The molecule has 1 saturated carbocycles. The molecule has 27 heavy (non-hydrogen) atoms. The SMILES string of the molecule is C[C@@H]1[C@H](C)CCC[C@@H]1NC(=O)c1cc2sccc2n1Cc1ccc(Cl)cc1. The first-order chi connectivity index (χ1) is 13.0. The molecule has 1 aromatic carbocycles. The average Bonchev–Trinajstić information content (AvgIpc) is 3.23. The molecular formula is C22H25ClN2OS. The predicted octanol–water partition coefficient (Wildman–Crippen LogP) is 5.96. The first-order valence-electron chi connectivity index (χ1n) is 9.65. The van der Waals surface area contributed by atoms with Crippen LogP contribution in [0, 0.1) is 11.8 Å². The van der Waals surface area contributed by atoms with Crippen molar-refractivity contribution in [1.82, 2.24) is 9.88 Å². The summed E-state index contributed by atoms with van der Waals surface area (Å²) in [6, 6.07) is 12.2. The fourth-order valence-corrected chi connectivity index (χ4v) is 5.08. The summed E-state index contributed by atoms with van der Waals surface area (Å²) in [6.45, 7) is 5.22. The van der Waals surface area contributed by atoms with Crippen LogP contribution in [0.25, 0.3) is 10.2 Å². The number of carbonyl (C=O) groups excluding carboxylic acids is 1. The fourth-order valence-electron chi connectivity index (χ4n) is 4.14. The first kappa shape index (κ1) is 18.6. The van der Waals surface area contributed by atoms with Gasteiger partial charge in [-0.3, -0.25) is 4.79 Å². The van der Waals surface area contributed by atoms with Crippen LogP contribution in [0.1, 0.15) is 49.2 Å². The predicted molar refractivity (Wildman–Crippen MR) is 114 cm³/mol. The Morgan fingerprint density at radius 2 is 2.00 bits per heavy atom. The van der Waals surface area contributed by atoms with Crippen molar-refractivity contribution < 1.29 is 4.79 Å². The summed E-state index contributed by atoms with van der Waals surface area (Å²) in [5.74, 6) is 1.22. The first-order valence-corrected chi connectivity index (χ1v) is 10.9. The lowest BCUT2D eigenvalue weighted by atomic mass is 9.78. The third kappa shape index (κ3) is 3.78. The van der Waals surface area contributed by atoms with E-state index in [1.165, 1.54) is 12.8 Å². The minimum atomic E-state index is 0.0401. The zero-order valence-corrected chi connectivity index (χ0v) is 17.3. The Morgan fingerprint density at radius 3 is 2.78 bits per heavy atom. The van der Waals surface area contributed by atoms with E-state index in [1.807, 2.05) is 30.3 Å². The summed E-state index contributed by atoms with van der Waals surface area (Å²) < 4.78 is 3.28. The van der Waals surface area contributed by atoms with Crippen molar-refractivity contribution in [2.24, 2.45) is 11.8 Å². The normalized spacial score (nSPS) is 22.9. The number of carbonyl (C=O) groups is 1. The number of hydrogen-bond donors (Lipinski definition) is 1. The highest BCUT2D eigenvalue weighted by atomic mass is 35.5. The summed E-state index contributed by atoms with van der Waals surface area (Å²) in [5.41, 5.74) is 3.00. The highest BCUT2D eigenvalue weighted by molar-refractivity contribution is 7.17. The van der Waals surface area contributed by atoms with Gasteiger partial charge in [-0.2, -0.15) is 0 Å². The Kier molecular flexibility index (Phi) is 5.29. The third-order valence-electron chi connectivity index (χ3n) is 6.03. The minimum Gasteiger partial charge on any atom is -0.348 e. The molecule has 0 aliphatic heterocycles. The number of halogens is 1. The maximum absolute atomic E-state index is 13.1. The highest BCUT2D eigenvalue weighted by Crippen LogP contribution is 2.31. The number of thiophene rings is 1. The monoisotopic (exact) mass is 400 g/mol. The van der Waals surface area contributed by atoms with Crippen molar-refractivity contribution in [3.63, 3.8) is 0 Å². The quantitative estimate of drug-likeness (QED) is 0.576. The number of hydrogen-bond acceptors (Lipinski definition) is 2. The molecule has 0 saturated heterocycles. The van der Waals surface area contributed by atoms with Gasteiger partial charge in [0, 0.05) is 17.6 Å². The Morgan fingerprint density at radius 1 is 1.22 bits per heavy atom. The molecule has 1 aliphatic rings. The summed E-state index contributed by atoms with van der Waals surface area (Å²) in [4.78, 5) is 13.1. The summed E-state index contributed by atoms with van der Waals surface area (Å²) in [5, 5.41) is 6.13. The van der Waals surface area contributed by atoms with Crippen molar-refractivity contribution in [3.8, 4) is 0 Å². The van der Waals surface area contributed by atoms with Gasteiger partial charge in [-0.25, -0.2) is 0 Å². The van der Waals surface area contributed by atoms with Crippen LogP contribution in [0.4, 0.5) is 0 Å². The molecular weight excluding hydrogens is 376 g/mol. The van der Waals surface area contributed by atoms with E-state index in [-0.39, 0.29) is 11.9 Å². The summed E-state index contributed by atoms with van der Waals surface area (Å²) >= 11 is 7.70. The van der Waals surface area contributed by atoms with Gasteiger partial charge in [-0.15, -0.1) is 11.3 Å². The van der Waals surface area contributed by atoms with Gasteiger partial charge in [-0.1, -0.05) is 50.4 Å². The zero-order valence-electron chi connectivity index (χ0n) is 15.7. The van der Waals surface area contributed by atoms with Gasteiger partial charge in [0.15, 0.2) is 0 Å². The van der Waals surface area contributed by atoms with Crippen LogP contribution in [0.15, 0.2) is 41.8 Å². The van der Waals surface area contributed by atoms with Crippen molar-refractivity contribution >= 4 is 39.1 Å². The lowest BCUT2D eigenvalue weighted by Gasteiger charge is -2.34. The van der Waals surface area contributed by atoms with Gasteiger partial charge in [0.25, 0.3) is 5.91 Å². The van der Waals surface area contributed by atoms with E-state index in [1.54, 1.807) is 11.3 Å². The molecule has 5 heteroatoms. The summed E-state index contributed by atoms with van der Waals surface area (Å²) in [7, 11) is 0. The molecule has 3 nitrogen and oxygen atoms in total. The van der Waals surface area contributed by atoms with Gasteiger partial charge >= 0.3 is 0 Å². The number of rotatable bonds is 4. The maximum atomic E-state index is 13.1. The number of benzene rings is 1. The molecule has 142 valence electrons. The van der Waals surface area contributed by atoms with Crippen LogP contribution >= 0.6 is 22.9 Å². The van der Waals surface area contributed by atoms with Crippen LogP contribution in [-0.2, 0) is 6.54 Å². The van der Waals surface area contributed by atoms with E-state index < -0.39 is 0 Å². The number of amides is 1. The van der Waals surface area contributed by atoms with E-state index >= 15 is 0 Å². The van der Waals surface area contributed by atoms with Crippen LogP contribution in [-0.4, -0.2) is 16.5 Å². The number of aromatic nitrogens is 1. The summed E-state index contributed by atoms with van der Waals surface area (Å²) in [6.07, 6.45) is 3.52. The number of nitrogens with one attached hydrogen (secondary N) is 1. The molecule has 1 N–H and O–H groups in total. The molecule has 3 atom stereocenters. The Hall–Kier alpha value is -1.78. The van der Waals surface area contributed by atoms with E-state index in [2.05, 4.69) is 35.2 Å². The fraction of sp³-hybridized carbons (Fsp3) is 0.409. The second-order valence-electron chi connectivity index (χ2n) is 7.76. The third-order valence-corrected chi connectivity index (χ3v) is 7.14. The van der Waals surface area contributed by atoms with Crippen LogP contribution in [0.2, 0.25) is 5.02 Å². The molecule has 1 aliphatic carbocycles. The maximum Gasteiger partial charge on any atom is 0.268 e. The Balaban J connectivity index is 1.62. The number of nitrogens with zero attached hydrogens (tertiary/aromatic N) is 1. The largest absolute Gasteiger partial charge is 0.348 e. The van der Waals surface area contributed by atoms with E-state index in [9.17, 15) is 4.79 Å². The molecule has 3 aromatic rings. The molecule has 0 unspecified atom stereocenters. The smallest absolute Gasteiger partial charge is 0.268 e. The molecule has 0 radical (unpaired) electrons. The second-order valence-corrected chi connectivity index (χ2v) is 9.14. The topological polar surface area (TPSA) is 34.0 Å². The Labute approximate surface area is 169 Å². The molecule has 2 heterocycles. The van der Waals surface area contributed by atoms with Gasteiger partial charge in [-0.05, 0) is 53.5 Å². The molecule has 2 aromatic heterocycles. The van der Waals surface area contributed by atoms with Crippen molar-refractivity contribution in [1.29, 1.82) is 0 Å². The van der Waals surface area contributed by atoms with Crippen LogP contribution in [0.5, 0.6) is 0 Å². The number of fused-ring (bicyclic) bond motifs is 1. The minimum absolute atomic E-state index is 0.0401. The molecule has 4 rings (SSSR count). The van der Waals surface area contributed by atoms with E-state index in [4.69, 9.17) is 11.6 Å². The van der Waals surface area contributed by atoms with Crippen molar-refractivity contribution in [2.75, 3.05) is 0 Å². The lowest BCUT2D eigenvalue weighted by Crippen LogP contribution is -2.44. The molecule has 1 amide bonds. The second kappa shape index (κ2) is 7.69. The van der Waals surface area contributed by atoms with E-state index in [0.717, 1.165) is 32.9 Å². The Bertz CT molecular complexity index is 943. The molecule has 0 spiro atoms. The zero-order chi connectivity index (χ0) is 19.0. The van der Waals surface area contributed by atoms with Gasteiger partial charge in [0.05, 0.1) is 10.2 Å². The molecule has 1 fully saturated rings. The van der Waals surface area contributed by atoms with Crippen LogP contribution in [0.3, 0.4) is 0 Å². The van der Waals surface area contributed by atoms with Gasteiger partial charge < -0.3 is 9.88 Å². The van der Waals surface area contributed by atoms with Crippen molar-refractivity contribution in [2.45, 2.75) is 45.7 Å². The van der Waals surface area contributed by atoms with Crippen LogP contribution < -0.4 is 5.32 Å².